The number of nitrogens with two attached hydrogens (primary N) is 1. The van der Waals surface area contributed by atoms with E-state index < -0.39 is 0 Å². The zero-order valence-electron chi connectivity index (χ0n) is 8.88. The highest BCUT2D eigenvalue weighted by atomic mass is 15.0. The Kier molecular flexibility index (Phi) is 1.68. The summed E-state index contributed by atoms with van der Waals surface area (Å²) < 4.78 is 0. The van der Waals surface area contributed by atoms with Gasteiger partial charge in [0.1, 0.15) is 5.82 Å². The highest BCUT2D eigenvalue weighted by molar-refractivity contribution is 5.76. The van der Waals surface area contributed by atoms with E-state index >= 15 is 0 Å². The Morgan fingerprint density at radius 1 is 1.47 bits per heavy atom. The summed E-state index contributed by atoms with van der Waals surface area (Å²) in [6, 6.07) is 6.36. The smallest absolute Gasteiger partial charge is 0.127 e. The maximum Gasteiger partial charge on any atom is 0.127 e. The van der Waals surface area contributed by atoms with Gasteiger partial charge in [-0.2, -0.15) is 0 Å². The Bertz CT molecular complexity index is 509. The van der Waals surface area contributed by atoms with Gasteiger partial charge in [-0.3, -0.25) is 0 Å². The fraction of sp³-hybridized carbons (Fsp3) is 0.417. The van der Waals surface area contributed by atoms with Crippen molar-refractivity contribution in [3.8, 4) is 0 Å². The van der Waals surface area contributed by atoms with E-state index in [2.05, 4.69) is 35.1 Å². The van der Waals surface area contributed by atoms with Gasteiger partial charge < -0.3 is 10.7 Å². The molecule has 15 heavy (non-hydrogen) atoms. The molecule has 1 saturated carbocycles. The van der Waals surface area contributed by atoms with E-state index in [1.807, 2.05) is 0 Å². The van der Waals surface area contributed by atoms with Crippen LogP contribution in [0.25, 0.3) is 11.0 Å². The summed E-state index contributed by atoms with van der Waals surface area (Å²) >= 11 is 0. The molecule has 3 rings (SSSR count). The molecule has 0 atom stereocenters. The molecule has 78 valence electrons. The van der Waals surface area contributed by atoms with Gasteiger partial charge in [-0.05, 0) is 37.0 Å². The van der Waals surface area contributed by atoms with Crippen LogP contribution in [0, 0.1) is 0 Å². The Balaban J connectivity index is 2.13. The molecule has 1 aliphatic carbocycles. The third kappa shape index (κ3) is 1.35. The average molecular weight is 201 g/mol. The van der Waals surface area contributed by atoms with Gasteiger partial charge in [0.2, 0.25) is 0 Å². The van der Waals surface area contributed by atoms with Crippen LogP contribution in [0.4, 0.5) is 0 Å². The molecular weight excluding hydrogens is 186 g/mol. The summed E-state index contributed by atoms with van der Waals surface area (Å²) in [5, 5.41) is 0. The van der Waals surface area contributed by atoms with Gasteiger partial charge in [0.25, 0.3) is 0 Å². The Morgan fingerprint density at radius 3 is 2.93 bits per heavy atom. The number of aromatic amines is 1. The number of hydrogen-bond acceptors (Lipinski definition) is 2. The normalized spacial score (nSPS) is 18.3. The van der Waals surface area contributed by atoms with Gasteiger partial charge in [0, 0.05) is 0 Å². The topological polar surface area (TPSA) is 54.7 Å². The lowest BCUT2D eigenvalue weighted by molar-refractivity contribution is 0.688. The van der Waals surface area contributed by atoms with E-state index in [9.17, 15) is 0 Å². The van der Waals surface area contributed by atoms with E-state index in [0.29, 0.717) is 0 Å². The first-order valence-corrected chi connectivity index (χ1v) is 5.49. The highest BCUT2D eigenvalue weighted by Crippen LogP contribution is 2.41. The average Bonchev–Trinajstić information content (AvgIpc) is 2.85. The van der Waals surface area contributed by atoms with E-state index in [-0.39, 0.29) is 5.54 Å². The van der Waals surface area contributed by atoms with Crippen molar-refractivity contribution in [3.05, 3.63) is 29.6 Å². The molecule has 0 saturated heterocycles. The Morgan fingerprint density at radius 2 is 2.27 bits per heavy atom. The number of imidazole rings is 1. The first-order valence-electron chi connectivity index (χ1n) is 5.49. The van der Waals surface area contributed by atoms with Crippen LogP contribution in [-0.4, -0.2) is 9.97 Å². The zero-order chi connectivity index (χ0) is 10.5. The molecular formula is C12H15N3. The maximum absolute atomic E-state index is 6.11. The van der Waals surface area contributed by atoms with Gasteiger partial charge in [-0.1, -0.05) is 13.0 Å². The van der Waals surface area contributed by atoms with Crippen molar-refractivity contribution in [3.63, 3.8) is 0 Å². The van der Waals surface area contributed by atoms with Gasteiger partial charge >= 0.3 is 0 Å². The fourth-order valence-corrected chi connectivity index (χ4v) is 1.88. The number of hydrogen-bond donors (Lipinski definition) is 2. The van der Waals surface area contributed by atoms with Crippen LogP contribution in [0.15, 0.2) is 18.2 Å². The van der Waals surface area contributed by atoms with E-state index in [0.717, 1.165) is 36.1 Å². The first-order chi connectivity index (χ1) is 7.21. The molecule has 0 spiro atoms. The Hall–Kier alpha value is -1.35. The number of aryl methyl sites for hydroxylation is 1. The second-order valence-electron chi connectivity index (χ2n) is 4.45. The van der Waals surface area contributed by atoms with Crippen molar-refractivity contribution in [2.24, 2.45) is 5.73 Å². The summed E-state index contributed by atoms with van der Waals surface area (Å²) in [6.45, 7) is 2.16. The summed E-state index contributed by atoms with van der Waals surface area (Å²) in [6.07, 6.45) is 3.15. The number of H-pyrrole nitrogens is 1. The fourth-order valence-electron chi connectivity index (χ4n) is 1.88. The summed E-state index contributed by atoms with van der Waals surface area (Å²) in [5.74, 6) is 0.950. The van der Waals surface area contributed by atoms with E-state index in [1.165, 1.54) is 5.56 Å². The van der Waals surface area contributed by atoms with Crippen LogP contribution >= 0.6 is 0 Å². The molecule has 1 aromatic heterocycles. The van der Waals surface area contributed by atoms with Crippen LogP contribution < -0.4 is 5.73 Å². The van der Waals surface area contributed by atoms with Crippen LogP contribution in [0.5, 0.6) is 0 Å². The lowest BCUT2D eigenvalue weighted by atomic mass is 10.1. The van der Waals surface area contributed by atoms with E-state index in [4.69, 9.17) is 5.73 Å². The number of nitrogens with zero attached hydrogens (tertiary/aromatic N) is 1. The zero-order valence-corrected chi connectivity index (χ0v) is 8.88. The summed E-state index contributed by atoms with van der Waals surface area (Å²) in [7, 11) is 0. The molecule has 1 aromatic carbocycles. The van der Waals surface area contributed by atoms with Gasteiger partial charge in [-0.25, -0.2) is 4.98 Å². The highest BCUT2D eigenvalue weighted by Gasteiger charge is 2.42. The minimum absolute atomic E-state index is 0.161. The summed E-state index contributed by atoms with van der Waals surface area (Å²) in [4.78, 5) is 7.88. The molecule has 0 radical (unpaired) electrons. The van der Waals surface area contributed by atoms with Crippen molar-refractivity contribution in [1.29, 1.82) is 0 Å². The largest absolute Gasteiger partial charge is 0.340 e. The van der Waals surface area contributed by atoms with Crippen molar-refractivity contribution in [2.75, 3.05) is 0 Å². The molecule has 0 amide bonds. The van der Waals surface area contributed by atoms with Crippen LogP contribution in [0.3, 0.4) is 0 Å². The van der Waals surface area contributed by atoms with E-state index in [1.54, 1.807) is 0 Å². The first kappa shape index (κ1) is 8.92. The van der Waals surface area contributed by atoms with Crippen molar-refractivity contribution < 1.29 is 0 Å². The minimum Gasteiger partial charge on any atom is -0.340 e. The second kappa shape index (κ2) is 2.83. The van der Waals surface area contributed by atoms with Crippen LogP contribution in [0.1, 0.15) is 31.2 Å². The molecule has 0 bridgehead atoms. The monoisotopic (exact) mass is 201 g/mol. The standard InChI is InChI=1S/C12H15N3/c1-2-8-3-4-9-10(7-8)15-11(14-9)12(13)5-6-12/h3-4,7H,2,5-6,13H2,1H3,(H,14,15). The van der Waals surface area contributed by atoms with Crippen molar-refractivity contribution >= 4 is 11.0 Å². The molecule has 0 aliphatic heterocycles. The number of rotatable bonds is 2. The summed E-state index contributed by atoms with van der Waals surface area (Å²) in [5.41, 5.74) is 9.42. The molecule has 1 heterocycles. The molecule has 3 heteroatoms. The predicted octanol–water partition coefficient (Wildman–Crippen LogP) is 2.07. The quantitative estimate of drug-likeness (QED) is 0.781. The van der Waals surface area contributed by atoms with Crippen molar-refractivity contribution in [1.82, 2.24) is 9.97 Å². The number of fused-ring (bicyclic) bond motifs is 1. The lowest BCUT2D eigenvalue weighted by Crippen LogP contribution is -2.20. The van der Waals surface area contributed by atoms with Crippen molar-refractivity contribution in [2.45, 2.75) is 31.7 Å². The SMILES string of the molecule is CCc1ccc2nc(C3(N)CC3)[nH]c2c1. The minimum atomic E-state index is -0.161. The maximum atomic E-state index is 6.11. The molecule has 3 N–H and O–H groups in total. The molecule has 1 aliphatic rings. The number of nitrogens with one attached hydrogen (secondary N) is 1. The third-order valence-electron chi connectivity index (χ3n) is 3.21. The second-order valence-corrected chi connectivity index (χ2v) is 4.45. The lowest BCUT2D eigenvalue weighted by Gasteiger charge is -2.01. The van der Waals surface area contributed by atoms with Gasteiger partial charge in [0.05, 0.1) is 16.6 Å². The van der Waals surface area contributed by atoms with Crippen LogP contribution in [-0.2, 0) is 12.0 Å². The molecule has 1 fully saturated rings. The number of benzene rings is 1. The molecule has 3 nitrogen and oxygen atoms in total. The van der Waals surface area contributed by atoms with Gasteiger partial charge in [-0.15, -0.1) is 0 Å². The van der Waals surface area contributed by atoms with Crippen LogP contribution in [0.2, 0.25) is 0 Å². The molecule has 0 unspecified atom stereocenters. The third-order valence-corrected chi connectivity index (χ3v) is 3.21. The predicted molar refractivity (Wildman–Crippen MR) is 60.6 cm³/mol. The Labute approximate surface area is 88.7 Å². The number of aromatic nitrogens is 2. The van der Waals surface area contributed by atoms with Gasteiger partial charge in [0.15, 0.2) is 0 Å². The molecule has 2 aromatic rings.